The Labute approximate surface area is 88.6 Å². The molecule has 14 heavy (non-hydrogen) atoms. The number of aromatic nitrogens is 1. The minimum absolute atomic E-state index is 0.0427. The van der Waals surface area contributed by atoms with Crippen LogP contribution in [0.4, 0.5) is 0 Å². The van der Waals surface area contributed by atoms with Crippen molar-refractivity contribution in [3.8, 4) is 0 Å². The summed E-state index contributed by atoms with van der Waals surface area (Å²) in [6.45, 7) is 5.77. The van der Waals surface area contributed by atoms with Crippen LogP contribution in [-0.2, 0) is 0 Å². The summed E-state index contributed by atoms with van der Waals surface area (Å²) in [5, 5.41) is 0.345. The number of hydrogen-bond acceptors (Lipinski definition) is 2. The number of rotatable bonds is 4. The zero-order valence-corrected chi connectivity index (χ0v) is 8.84. The van der Waals surface area contributed by atoms with Crippen molar-refractivity contribution in [2.75, 3.05) is 0 Å². The van der Waals surface area contributed by atoms with E-state index in [4.69, 9.17) is 11.6 Å². The van der Waals surface area contributed by atoms with E-state index in [2.05, 4.69) is 11.6 Å². The van der Waals surface area contributed by atoms with Crippen LogP contribution in [0.2, 0.25) is 5.15 Å². The molecule has 0 bridgehead atoms. The molecular weight excluding hydrogens is 198 g/mol. The Kier molecular flexibility index (Phi) is 3.84. The Morgan fingerprint density at radius 2 is 2.36 bits per heavy atom. The molecule has 0 N–H and O–H groups in total. The van der Waals surface area contributed by atoms with Crippen LogP contribution in [-0.4, -0.2) is 10.8 Å². The summed E-state index contributed by atoms with van der Waals surface area (Å²) in [5.74, 6) is 0.0427. The lowest BCUT2D eigenvalue weighted by atomic mass is 10.0. The highest BCUT2D eigenvalue weighted by Gasteiger charge is 2.07. The largest absolute Gasteiger partial charge is 0.294 e. The summed E-state index contributed by atoms with van der Waals surface area (Å²) in [4.78, 5) is 15.4. The van der Waals surface area contributed by atoms with Gasteiger partial charge in [0.2, 0.25) is 0 Å². The van der Waals surface area contributed by atoms with Gasteiger partial charge in [-0.25, -0.2) is 4.98 Å². The minimum atomic E-state index is 0.0427. The van der Waals surface area contributed by atoms with Crippen molar-refractivity contribution in [1.82, 2.24) is 4.98 Å². The number of nitrogens with zero attached hydrogens (tertiary/aromatic N) is 1. The number of allylic oxidation sites excluding steroid dienone is 1. The molecule has 3 heteroatoms. The van der Waals surface area contributed by atoms with E-state index in [1.165, 1.54) is 6.20 Å². The highest BCUT2D eigenvalue weighted by atomic mass is 35.5. The second-order valence-electron chi connectivity index (χ2n) is 3.07. The van der Waals surface area contributed by atoms with E-state index < -0.39 is 0 Å². The monoisotopic (exact) mass is 209 g/mol. The molecule has 0 radical (unpaired) electrons. The Balaban J connectivity index is 2.75. The highest BCUT2D eigenvalue weighted by Crippen LogP contribution is 2.13. The number of pyridine rings is 1. The van der Waals surface area contributed by atoms with Gasteiger partial charge in [-0.2, -0.15) is 0 Å². The molecular formula is C11H12ClNO. The maximum absolute atomic E-state index is 11.6. The molecule has 0 aliphatic rings. The molecule has 0 aromatic carbocycles. The topological polar surface area (TPSA) is 30.0 Å². The van der Waals surface area contributed by atoms with E-state index in [1.807, 2.05) is 6.92 Å². The molecule has 0 atom stereocenters. The van der Waals surface area contributed by atoms with E-state index in [-0.39, 0.29) is 5.78 Å². The predicted octanol–water partition coefficient (Wildman–Crippen LogP) is 3.27. The summed E-state index contributed by atoms with van der Waals surface area (Å²) in [6.07, 6.45) is 2.74. The SMILES string of the molecule is C=C(CC)CC(=O)c1ccnc(Cl)c1. The van der Waals surface area contributed by atoms with Crippen LogP contribution in [0.25, 0.3) is 0 Å². The quantitative estimate of drug-likeness (QED) is 0.433. The molecule has 0 aliphatic carbocycles. The molecule has 1 heterocycles. The third-order valence-corrected chi connectivity index (χ3v) is 2.17. The Morgan fingerprint density at radius 3 is 2.93 bits per heavy atom. The van der Waals surface area contributed by atoms with Gasteiger partial charge in [0.1, 0.15) is 5.15 Å². The molecule has 74 valence electrons. The Hall–Kier alpha value is -1.15. The molecule has 1 aromatic rings. The lowest BCUT2D eigenvalue weighted by Gasteiger charge is -2.01. The van der Waals surface area contributed by atoms with Crippen molar-refractivity contribution in [3.63, 3.8) is 0 Å². The second kappa shape index (κ2) is 4.91. The van der Waals surface area contributed by atoms with Crippen molar-refractivity contribution in [1.29, 1.82) is 0 Å². The zero-order chi connectivity index (χ0) is 10.6. The van der Waals surface area contributed by atoms with E-state index in [0.717, 1.165) is 12.0 Å². The van der Waals surface area contributed by atoms with Gasteiger partial charge in [0, 0.05) is 18.2 Å². The maximum Gasteiger partial charge on any atom is 0.167 e. The van der Waals surface area contributed by atoms with E-state index >= 15 is 0 Å². The van der Waals surface area contributed by atoms with Gasteiger partial charge in [-0.3, -0.25) is 4.79 Å². The number of Topliss-reactive ketones (excluding diaryl/α,β-unsaturated/α-hetero) is 1. The summed E-state index contributed by atoms with van der Waals surface area (Å²) in [7, 11) is 0. The Morgan fingerprint density at radius 1 is 1.64 bits per heavy atom. The van der Waals surface area contributed by atoms with Crippen LogP contribution in [0.3, 0.4) is 0 Å². The fourth-order valence-corrected chi connectivity index (χ4v) is 1.20. The normalized spacial score (nSPS) is 9.86. The first-order chi connectivity index (χ1) is 6.63. The van der Waals surface area contributed by atoms with Crippen LogP contribution >= 0.6 is 11.6 Å². The average Bonchev–Trinajstić information content (AvgIpc) is 2.17. The van der Waals surface area contributed by atoms with E-state index in [9.17, 15) is 4.79 Å². The number of hydrogen-bond donors (Lipinski definition) is 0. The van der Waals surface area contributed by atoms with Gasteiger partial charge in [0.15, 0.2) is 5.78 Å². The second-order valence-corrected chi connectivity index (χ2v) is 3.46. The minimum Gasteiger partial charge on any atom is -0.294 e. The van der Waals surface area contributed by atoms with Crippen LogP contribution in [0, 0.1) is 0 Å². The molecule has 1 rings (SSSR count). The van der Waals surface area contributed by atoms with Gasteiger partial charge in [-0.15, -0.1) is 0 Å². The molecule has 2 nitrogen and oxygen atoms in total. The molecule has 0 spiro atoms. The third kappa shape index (κ3) is 2.96. The van der Waals surface area contributed by atoms with Crippen molar-refractivity contribution >= 4 is 17.4 Å². The zero-order valence-electron chi connectivity index (χ0n) is 8.09. The van der Waals surface area contributed by atoms with Gasteiger partial charge in [-0.1, -0.05) is 30.7 Å². The number of carbonyl (C=O) groups is 1. The maximum atomic E-state index is 11.6. The highest BCUT2D eigenvalue weighted by molar-refractivity contribution is 6.29. The van der Waals surface area contributed by atoms with Crippen molar-refractivity contribution in [2.24, 2.45) is 0 Å². The molecule has 1 aromatic heterocycles. The molecule has 0 aliphatic heterocycles. The fraction of sp³-hybridized carbons (Fsp3) is 0.273. The first kappa shape index (κ1) is 10.9. The first-order valence-electron chi connectivity index (χ1n) is 4.45. The van der Waals surface area contributed by atoms with Crippen LogP contribution in [0.15, 0.2) is 30.5 Å². The predicted molar refractivity (Wildman–Crippen MR) is 57.6 cm³/mol. The lowest BCUT2D eigenvalue weighted by Crippen LogP contribution is -2.00. The van der Waals surface area contributed by atoms with Gasteiger partial charge >= 0.3 is 0 Å². The standard InChI is InChI=1S/C11H12ClNO/c1-3-8(2)6-10(14)9-4-5-13-11(12)7-9/h4-5,7H,2-3,6H2,1H3. The Bertz CT molecular complexity index is 360. The number of carbonyl (C=O) groups excluding carboxylic acids is 1. The number of halogens is 1. The number of ketones is 1. The summed E-state index contributed by atoms with van der Waals surface area (Å²) >= 11 is 5.67. The summed E-state index contributed by atoms with van der Waals surface area (Å²) in [5.41, 5.74) is 1.53. The van der Waals surface area contributed by atoms with E-state index in [0.29, 0.717) is 17.1 Å². The average molecular weight is 210 g/mol. The van der Waals surface area contributed by atoms with Crippen molar-refractivity contribution in [3.05, 3.63) is 41.2 Å². The summed E-state index contributed by atoms with van der Waals surface area (Å²) < 4.78 is 0. The van der Waals surface area contributed by atoms with Crippen molar-refractivity contribution in [2.45, 2.75) is 19.8 Å². The third-order valence-electron chi connectivity index (χ3n) is 1.96. The molecule has 0 unspecified atom stereocenters. The molecule has 0 saturated carbocycles. The van der Waals surface area contributed by atoms with Gasteiger partial charge in [-0.05, 0) is 18.6 Å². The van der Waals surface area contributed by atoms with Gasteiger partial charge < -0.3 is 0 Å². The fourth-order valence-electron chi connectivity index (χ4n) is 1.03. The van der Waals surface area contributed by atoms with E-state index in [1.54, 1.807) is 12.1 Å². The lowest BCUT2D eigenvalue weighted by molar-refractivity contribution is 0.0992. The van der Waals surface area contributed by atoms with Crippen molar-refractivity contribution < 1.29 is 4.79 Å². The van der Waals surface area contributed by atoms with Gasteiger partial charge in [0.25, 0.3) is 0 Å². The molecule has 0 fully saturated rings. The van der Waals surface area contributed by atoms with Gasteiger partial charge in [0.05, 0.1) is 0 Å². The first-order valence-corrected chi connectivity index (χ1v) is 4.82. The molecule has 0 amide bonds. The molecule has 0 saturated heterocycles. The van der Waals surface area contributed by atoms with Crippen LogP contribution in [0.5, 0.6) is 0 Å². The summed E-state index contributed by atoms with van der Waals surface area (Å²) in [6, 6.07) is 3.24. The van der Waals surface area contributed by atoms with Crippen LogP contribution in [0.1, 0.15) is 30.1 Å². The van der Waals surface area contributed by atoms with Crippen LogP contribution < -0.4 is 0 Å². The smallest absolute Gasteiger partial charge is 0.167 e.